The number of hydrogen-bond acceptors (Lipinski definition) is 4. The van der Waals surface area contributed by atoms with E-state index >= 15 is 0 Å². The number of unbranched alkanes of at least 4 members (excludes halogenated alkanes) is 1. The van der Waals surface area contributed by atoms with Crippen molar-refractivity contribution < 1.29 is 31.1 Å². The molecule has 3 aliphatic rings. The Hall–Kier alpha value is -1.66. The maximum atomic E-state index is 14.3. The fourth-order valence-electron chi connectivity index (χ4n) is 6.40. The van der Waals surface area contributed by atoms with E-state index in [1.54, 1.807) is 13.2 Å². The number of amides is 2. The molecule has 0 radical (unpaired) electrons. The SMILES string of the molecule is CCCN(CCCCN1C(=O)CC2(CCCC2)CC1=O)[C@@H]1CCc2c(F)ccc(OC)c2C1.[Cl-]. The molecule has 1 aromatic carbocycles. The number of imide groups is 1. The predicted octanol–water partition coefficient (Wildman–Crippen LogP) is 1.90. The molecule has 0 N–H and O–H groups in total. The molecule has 1 atom stereocenters. The molecule has 7 heteroatoms. The zero-order valence-electron chi connectivity index (χ0n) is 20.7. The van der Waals surface area contributed by atoms with Crippen molar-refractivity contribution in [1.82, 2.24) is 9.80 Å². The van der Waals surface area contributed by atoms with Gasteiger partial charge >= 0.3 is 0 Å². The molecule has 0 bridgehead atoms. The van der Waals surface area contributed by atoms with Crippen LogP contribution in [-0.2, 0) is 22.4 Å². The van der Waals surface area contributed by atoms with Crippen molar-refractivity contribution in [3.63, 3.8) is 0 Å². The number of rotatable bonds is 9. The van der Waals surface area contributed by atoms with Gasteiger partial charge in [0.25, 0.3) is 0 Å². The Morgan fingerprint density at radius 3 is 2.44 bits per heavy atom. The Bertz CT molecular complexity index is 852. The summed E-state index contributed by atoms with van der Waals surface area (Å²) in [5, 5.41) is 0. The molecule has 2 fully saturated rings. The lowest BCUT2D eigenvalue weighted by Gasteiger charge is -2.38. The Balaban J connectivity index is 0.00000324. The van der Waals surface area contributed by atoms with E-state index in [4.69, 9.17) is 4.74 Å². The summed E-state index contributed by atoms with van der Waals surface area (Å²) in [7, 11) is 1.65. The summed E-state index contributed by atoms with van der Waals surface area (Å²) in [5.41, 5.74) is 1.80. The molecule has 0 aromatic heterocycles. The Morgan fingerprint density at radius 2 is 1.79 bits per heavy atom. The molecule has 2 amide bonds. The molecular weight excluding hydrogens is 455 g/mol. The van der Waals surface area contributed by atoms with Crippen LogP contribution in [0.4, 0.5) is 4.39 Å². The molecule has 1 spiro atoms. The van der Waals surface area contributed by atoms with Gasteiger partial charge in [0.05, 0.1) is 7.11 Å². The van der Waals surface area contributed by atoms with Crippen molar-refractivity contribution in [2.75, 3.05) is 26.7 Å². The first-order chi connectivity index (χ1) is 16.0. The number of fused-ring (bicyclic) bond motifs is 1. The van der Waals surface area contributed by atoms with E-state index in [2.05, 4.69) is 11.8 Å². The second-order valence-electron chi connectivity index (χ2n) is 10.3. The van der Waals surface area contributed by atoms with Crippen LogP contribution in [-0.4, -0.2) is 54.4 Å². The largest absolute Gasteiger partial charge is 1.00 e. The van der Waals surface area contributed by atoms with Crippen molar-refractivity contribution in [2.24, 2.45) is 5.41 Å². The first kappa shape index (κ1) is 26.9. The molecule has 4 rings (SSSR count). The Kier molecular flexibility index (Phi) is 9.39. The lowest BCUT2D eigenvalue weighted by molar-refractivity contribution is -0.153. The van der Waals surface area contributed by atoms with Crippen LogP contribution in [0, 0.1) is 11.2 Å². The minimum atomic E-state index is -0.124. The molecule has 5 nitrogen and oxygen atoms in total. The molecule has 1 aliphatic heterocycles. The molecule has 1 heterocycles. The quantitative estimate of drug-likeness (QED) is 0.389. The standard InChI is InChI=1S/C27H39FN2O3.ClH/c1-3-14-29(20-8-9-21-22(17-20)24(33-2)11-10-23(21)28)15-6-7-16-30-25(31)18-27(19-26(30)32)12-4-5-13-27;/h10-11,20H,3-9,12-19H2,1-2H3;1H/p-1/t20-;/m1./s1. The van der Waals surface area contributed by atoms with Crippen LogP contribution in [0.3, 0.4) is 0 Å². The maximum absolute atomic E-state index is 14.3. The summed E-state index contributed by atoms with van der Waals surface area (Å²) in [5.74, 6) is 0.740. The highest BCUT2D eigenvalue weighted by Crippen LogP contribution is 2.46. The normalized spacial score (nSPS) is 21.6. The summed E-state index contributed by atoms with van der Waals surface area (Å²) in [6.45, 7) is 4.67. The molecular formula is C27H39ClFN2O3-. The monoisotopic (exact) mass is 493 g/mol. The molecule has 2 aliphatic carbocycles. The number of ether oxygens (including phenoxy) is 1. The third-order valence-corrected chi connectivity index (χ3v) is 8.14. The van der Waals surface area contributed by atoms with E-state index in [1.165, 1.54) is 11.0 Å². The lowest BCUT2D eigenvalue weighted by atomic mass is 9.76. The van der Waals surface area contributed by atoms with Gasteiger partial charge in [0, 0.05) is 31.0 Å². The van der Waals surface area contributed by atoms with E-state index in [0.717, 1.165) is 94.2 Å². The van der Waals surface area contributed by atoms with Crippen LogP contribution in [0.2, 0.25) is 0 Å². The van der Waals surface area contributed by atoms with Gasteiger partial charge in [-0.3, -0.25) is 14.5 Å². The fraction of sp³-hybridized carbons (Fsp3) is 0.704. The zero-order chi connectivity index (χ0) is 23.4. The topological polar surface area (TPSA) is 49.9 Å². The first-order valence-electron chi connectivity index (χ1n) is 12.9. The van der Waals surface area contributed by atoms with E-state index in [0.29, 0.717) is 25.4 Å². The molecule has 0 unspecified atom stereocenters. The number of carbonyl (C=O) groups is 2. The number of benzene rings is 1. The number of halogens is 2. The summed E-state index contributed by atoms with van der Waals surface area (Å²) < 4.78 is 19.8. The third kappa shape index (κ3) is 5.76. The van der Waals surface area contributed by atoms with Gasteiger partial charge in [-0.2, -0.15) is 0 Å². The van der Waals surface area contributed by atoms with Crippen LogP contribution < -0.4 is 17.1 Å². The fourth-order valence-corrected chi connectivity index (χ4v) is 6.40. The van der Waals surface area contributed by atoms with Crippen LogP contribution >= 0.6 is 0 Å². The Morgan fingerprint density at radius 1 is 1.09 bits per heavy atom. The predicted molar refractivity (Wildman–Crippen MR) is 127 cm³/mol. The minimum absolute atomic E-state index is 0. The second kappa shape index (κ2) is 11.9. The summed E-state index contributed by atoms with van der Waals surface area (Å²) in [4.78, 5) is 29.4. The van der Waals surface area contributed by atoms with Crippen molar-refractivity contribution in [2.45, 2.75) is 90.0 Å². The highest BCUT2D eigenvalue weighted by atomic mass is 35.5. The Labute approximate surface area is 209 Å². The first-order valence-corrected chi connectivity index (χ1v) is 12.9. The van der Waals surface area contributed by atoms with Gasteiger partial charge in [-0.1, -0.05) is 19.8 Å². The van der Waals surface area contributed by atoms with E-state index in [1.807, 2.05) is 0 Å². The number of methoxy groups -OCH3 is 1. The number of piperidine rings is 1. The van der Waals surface area contributed by atoms with Crippen molar-refractivity contribution in [3.05, 3.63) is 29.1 Å². The maximum Gasteiger partial charge on any atom is 0.229 e. The molecule has 1 saturated heterocycles. The third-order valence-electron chi connectivity index (χ3n) is 8.14. The van der Waals surface area contributed by atoms with Gasteiger partial charge in [-0.15, -0.1) is 0 Å². The van der Waals surface area contributed by atoms with Gasteiger partial charge in [0.1, 0.15) is 11.6 Å². The van der Waals surface area contributed by atoms with Crippen molar-refractivity contribution in [3.8, 4) is 5.75 Å². The van der Waals surface area contributed by atoms with Crippen LogP contribution in [0.5, 0.6) is 5.75 Å². The summed E-state index contributed by atoms with van der Waals surface area (Å²) in [6, 6.07) is 3.62. The smallest absolute Gasteiger partial charge is 0.229 e. The number of likely N-dealkylation sites (tertiary alicyclic amines) is 1. The molecule has 1 aromatic rings. The molecule has 190 valence electrons. The molecule has 1 saturated carbocycles. The summed E-state index contributed by atoms with van der Waals surface area (Å²) in [6.07, 6.45) is 10.8. The lowest BCUT2D eigenvalue weighted by Crippen LogP contribution is -3.00. The average molecular weight is 494 g/mol. The summed E-state index contributed by atoms with van der Waals surface area (Å²) >= 11 is 0. The molecule has 34 heavy (non-hydrogen) atoms. The average Bonchev–Trinajstić information content (AvgIpc) is 3.24. The van der Waals surface area contributed by atoms with Gasteiger partial charge < -0.3 is 22.0 Å². The van der Waals surface area contributed by atoms with Gasteiger partial charge in [0.15, 0.2) is 0 Å². The van der Waals surface area contributed by atoms with Crippen molar-refractivity contribution in [1.29, 1.82) is 0 Å². The van der Waals surface area contributed by atoms with Crippen LogP contribution in [0.15, 0.2) is 12.1 Å². The highest BCUT2D eigenvalue weighted by Gasteiger charge is 2.44. The van der Waals surface area contributed by atoms with Gasteiger partial charge in [0.2, 0.25) is 11.8 Å². The number of nitrogens with zero attached hydrogens (tertiary/aromatic N) is 2. The van der Waals surface area contributed by atoms with Gasteiger partial charge in [-0.05, 0) is 87.6 Å². The highest BCUT2D eigenvalue weighted by molar-refractivity contribution is 5.98. The van der Waals surface area contributed by atoms with Crippen LogP contribution in [0.25, 0.3) is 0 Å². The van der Waals surface area contributed by atoms with Crippen LogP contribution in [0.1, 0.15) is 82.3 Å². The van der Waals surface area contributed by atoms with Crippen molar-refractivity contribution >= 4 is 11.8 Å². The minimum Gasteiger partial charge on any atom is -1.00 e. The zero-order valence-corrected chi connectivity index (χ0v) is 21.5. The number of hydrogen-bond donors (Lipinski definition) is 0. The second-order valence-corrected chi connectivity index (χ2v) is 10.3. The van der Waals surface area contributed by atoms with E-state index < -0.39 is 0 Å². The number of carbonyl (C=O) groups excluding carboxylic acids is 2. The van der Waals surface area contributed by atoms with E-state index in [9.17, 15) is 14.0 Å². The van der Waals surface area contributed by atoms with Gasteiger partial charge in [-0.25, -0.2) is 4.39 Å². The van der Waals surface area contributed by atoms with E-state index in [-0.39, 0.29) is 35.5 Å².